The maximum atomic E-state index is 5.95. The Labute approximate surface area is 90.2 Å². The summed E-state index contributed by atoms with van der Waals surface area (Å²) in [5, 5.41) is 3.57. The molecule has 1 nitrogen and oxygen atoms in total. The summed E-state index contributed by atoms with van der Waals surface area (Å²) in [7, 11) is 0. The van der Waals surface area contributed by atoms with Gasteiger partial charge >= 0.3 is 0 Å². The molecular weight excluding hydrogens is 205 g/mol. The van der Waals surface area contributed by atoms with E-state index in [1.165, 1.54) is 32.1 Å². The molecule has 2 fully saturated rings. The molecule has 0 aliphatic heterocycles. The van der Waals surface area contributed by atoms with Crippen LogP contribution in [0.4, 0.5) is 0 Å². The fourth-order valence-electron chi connectivity index (χ4n) is 2.11. The Balaban J connectivity index is 1.62. The lowest BCUT2D eigenvalue weighted by atomic mass is 9.95. The van der Waals surface area contributed by atoms with Gasteiger partial charge in [-0.05, 0) is 19.3 Å². The third-order valence-electron chi connectivity index (χ3n) is 3.21. The van der Waals surface area contributed by atoms with Crippen molar-refractivity contribution in [3.63, 3.8) is 0 Å². The van der Waals surface area contributed by atoms with Crippen LogP contribution in [-0.4, -0.2) is 16.9 Å². The van der Waals surface area contributed by atoms with Crippen molar-refractivity contribution in [2.24, 2.45) is 5.92 Å². The quantitative estimate of drug-likeness (QED) is 0.723. The summed E-state index contributed by atoms with van der Waals surface area (Å²) in [6.07, 6.45) is 7.82. The topological polar surface area (TPSA) is 12.0 Å². The van der Waals surface area contributed by atoms with Crippen molar-refractivity contribution in [2.45, 2.75) is 48.9 Å². The zero-order chi connectivity index (χ0) is 9.31. The van der Waals surface area contributed by atoms with Crippen LogP contribution < -0.4 is 5.32 Å². The molecule has 0 spiro atoms. The van der Waals surface area contributed by atoms with Crippen molar-refractivity contribution in [2.75, 3.05) is 6.54 Å². The molecule has 0 aromatic rings. The molecule has 13 heavy (non-hydrogen) atoms. The number of hydrogen-bond acceptors (Lipinski definition) is 1. The number of nitrogens with one attached hydrogen (secondary N) is 1. The lowest BCUT2D eigenvalue weighted by Crippen LogP contribution is -2.33. The first-order chi connectivity index (χ1) is 6.18. The van der Waals surface area contributed by atoms with Crippen LogP contribution in [0.1, 0.15) is 38.5 Å². The molecule has 0 aromatic carbocycles. The second-order valence-electron chi connectivity index (χ2n) is 4.41. The molecule has 1 N–H and O–H groups in total. The van der Waals surface area contributed by atoms with Crippen LogP contribution in [0.2, 0.25) is 0 Å². The minimum atomic E-state index is -0.401. The Morgan fingerprint density at radius 2 is 1.77 bits per heavy atom. The predicted molar refractivity (Wildman–Crippen MR) is 57.4 cm³/mol. The Morgan fingerprint density at radius 3 is 2.31 bits per heavy atom. The molecule has 2 aliphatic rings. The number of alkyl halides is 2. The normalized spacial score (nSPS) is 33.2. The molecule has 3 heteroatoms. The van der Waals surface area contributed by atoms with E-state index in [2.05, 4.69) is 5.32 Å². The van der Waals surface area contributed by atoms with Crippen molar-refractivity contribution < 1.29 is 0 Å². The highest BCUT2D eigenvalue weighted by molar-refractivity contribution is 6.50. The van der Waals surface area contributed by atoms with Gasteiger partial charge in [0.25, 0.3) is 0 Å². The molecular formula is C10H17Cl2N. The summed E-state index contributed by atoms with van der Waals surface area (Å²) in [5.41, 5.74) is 0. The molecule has 76 valence electrons. The minimum absolute atomic E-state index is 0.401. The van der Waals surface area contributed by atoms with Gasteiger partial charge in [0.15, 0.2) is 0 Å². The highest BCUT2D eigenvalue weighted by Crippen LogP contribution is 2.52. The van der Waals surface area contributed by atoms with Gasteiger partial charge in [0.05, 0.1) is 0 Å². The molecule has 1 unspecified atom stereocenters. The zero-order valence-corrected chi connectivity index (χ0v) is 9.37. The van der Waals surface area contributed by atoms with E-state index < -0.39 is 4.33 Å². The van der Waals surface area contributed by atoms with Gasteiger partial charge in [0.2, 0.25) is 0 Å². The number of halogens is 2. The SMILES string of the molecule is ClC1(Cl)CC1CNC1CCCCC1. The van der Waals surface area contributed by atoms with E-state index >= 15 is 0 Å². The monoisotopic (exact) mass is 221 g/mol. The van der Waals surface area contributed by atoms with Crippen molar-refractivity contribution in [3.05, 3.63) is 0 Å². The van der Waals surface area contributed by atoms with Crippen molar-refractivity contribution >= 4 is 23.2 Å². The highest BCUT2D eigenvalue weighted by Gasteiger charge is 2.51. The van der Waals surface area contributed by atoms with E-state index in [4.69, 9.17) is 23.2 Å². The first kappa shape index (κ1) is 10.1. The Hall–Kier alpha value is 0.540. The van der Waals surface area contributed by atoms with Gasteiger partial charge in [-0.25, -0.2) is 0 Å². The van der Waals surface area contributed by atoms with Crippen LogP contribution in [0.3, 0.4) is 0 Å². The standard InChI is InChI=1S/C10H17Cl2N/c11-10(12)6-8(10)7-13-9-4-2-1-3-5-9/h8-9,13H,1-7H2. The van der Waals surface area contributed by atoms with Gasteiger partial charge in [-0.15, -0.1) is 23.2 Å². The van der Waals surface area contributed by atoms with E-state index in [1.807, 2.05) is 0 Å². The summed E-state index contributed by atoms with van der Waals surface area (Å²) in [6, 6.07) is 0.735. The van der Waals surface area contributed by atoms with Crippen LogP contribution in [0.25, 0.3) is 0 Å². The molecule has 2 aliphatic carbocycles. The Morgan fingerprint density at radius 1 is 1.15 bits per heavy atom. The lowest BCUT2D eigenvalue weighted by molar-refractivity contribution is 0.369. The summed E-state index contributed by atoms with van der Waals surface area (Å²) in [6.45, 7) is 1.01. The fraction of sp³-hybridized carbons (Fsp3) is 1.00. The van der Waals surface area contributed by atoms with E-state index in [0.717, 1.165) is 19.0 Å². The van der Waals surface area contributed by atoms with E-state index in [0.29, 0.717) is 5.92 Å². The molecule has 0 radical (unpaired) electrons. The predicted octanol–water partition coefficient (Wildman–Crippen LogP) is 3.10. The smallest absolute Gasteiger partial charge is 0.122 e. The third kappa shape index (κ3) is 2.74. The van der Waals surface area contributed by atoms with Crippen molar-refractivity contribution in [3.8, 4) is 0 Å². The molecule has 0 amide bonds. The van der Waals surface area contributed by atoms with Gasteiger partial charge in [-0.2, -0.15) is 0 Å². The van der Waals surface area contributed by atoms with Crippen molar-refractivity contribution in [1.82, 2.24) is 5.32 Å². The average Bonchev–Trinajstić information content (AvgIpc) is 2.73. The maximum absolute atomic E-state index is 5.95. The van der Waals surface area contributed by atoms with E-state index in [-0.39, 0.29) is 0 Å². The van der Waals surface area contributed by atoms with Crippen LogP contribution in [0, 0.1) is 5.92 Å². The van der Waals surface area contributed by atoms with Gasteiger partial charge in [-0.1, -0.05) is 19.3 Å². The van der Waals surface area contributed by atoms with Crippen molar-refractivity contribution in [1.29, 1.82) is 0 Å². The van der Waals surface area contributed by atoms with Crippen LogP contribution in [0.15, 0.2) is 0 Å². The molecule has 0 heterocycles. The second-order valence-corrected chi connectivity index (χ2v) is 5.95. The molecule has 1 atom stereocenters. The summed E-state index contributed by atoms with van der Waals surface area (Å²) >= 11 is 11.9. The molecule has 0 aromatic heterocycles. The molecule has 2 saturated carbocycles. The van der Waals surface area contributed by atoms with Gasteiger partial charge in [-0.3, -0.25) is 0 Å². The highest BCUT2D eigenvalue weighted by atomic mass is 35.5. The van der Waals surface area contributed by atoms with Crippen LogP contribution in [-0.2, 0) is 0 Å². The Kier molecular flexibility index (Phi) is 3.07. The average molecular weight is 222 g/mol. The van der Waals surface area contributed by atoms with Gasteiger partial charge < -0.3 is 5.32 Å². The first-order valence-corrected chi connectivity index (χ1v) is 6.05. The number of rotatable bonds is 3. The van der Waals surface area contributed by atoms with E-state index in [9.17, 15) is 0 Å². The molecule has 0 saturated heterocycles. The fourth-order valence-corrected chi connectivity index (χ4v) is 2.63. The molecule has 2 rings (SSSR count). The van der Waals surface area contributed by atoms with E-state index in [1.54, 1.807) is 0 Å². The van der Waals surface area contributed by atoms with Gasteiger partial charge in [0, 0.05) is 18.5 Å². The van der Waals surface area contributed by atoms with Crippen LogP contribution >= 0.6 is 23.2 Å². The largest absolute Gasteiger partial charge is 0.314 e. The Bertz CT molecular complexity index is 176. The van der Waals surface area contributed by atoms with Gasteiger partial charge in [0.1, 0.15) is 4.33 Å². The lowest BCUT2D eigenvalue weighted by Gasteiger charge is -2.22. The third-order valence-corrected chi connectivity index (χ3v) is 4.14. The minimum Gasteiger partial charge on any atom is -0.314 e. The second kappa shape index (κ2) is 3.96. The maximum Gasteiger partial charge on any atom is 0.122 e. The summed E-state index contributed by atoms with van der Waals surface area (Å²) < 4.78 is -0.401. The molecule has 0 bridgehead atoms. The summed E-state index contributed by atoms with van der Waals surface area (Å²) in [4.78, 5) is 0. The van der Waals surface area contributed by atoms with Crippen LogP contribution in [0.5, 0.6) is 0 Å². The number of hydrogen-bond donors (Lipinski definition) is 1. The first-order valence-electron chi connectivity index (χ1n) is 5.30. The zero-order valence-electron chi connectivity index (χ0n) is 7.86. The summed E-state index contributed by atoms with van der Waals surface area (Å²) in [5.74, 6) is 0.498.